The quantitative estimate of drug-likeness (QED) is 0.848. The van der Waals surface area contributed by atoms with Gasteiger partial charge in [0.2, 0.25) is 0 Å². The maximum atomic E-state index is 5.30. The van der Waals surface area contributed by atoms with Gasteiger partial charge in [-0.15, -0.1) is 0 Å². The fourth-order valence-electron chi connectivity index (χ4n) is 3.37. The monoisotopic (exact) mass is 286 g/mol. The van der Waals surface area contributed by atoms with Crippen LogP contribution in [-0.4, -0.2) is 31.3 Å². The van der Waals surface area contributed by atoms with Gasteiger partial charge >= 0.3 is 0 Å². The van der Waals surface area contributed by atoms with E-state index >= 15 is 0 Å². The van der Waals surface area contributed by atoms with Crippen molar-refractivity contribution in [2.75, 3.05) is 25.5 Å². The van der Waals surface area contributed by atoms with Gasteiger partial charge in [-0.05, 0) is 55.7 Å². The number of nitrogens with zero attached hydrogens (tertiary/aromatic N) is 1. The summed E-state index contributed by atoms with van der Waals surface area (Å²) in [5, 5.41) is 5.67. The second-order valence-corrected chi connectivity index (χ2v) is 6.12. The van der Waals surface area contributed by atoms with Crippen LogP contribution in [0.2, 0.25) is 0 Å². The summed E-state index contributed by atoms with van der Waals surface area (Å²) in [6, 6.07) is 9.57. The lowest BCUT2D eigenvalue weighted by atomic mass is 9.90. The molecule has 3 nitrogen and oxygen atoms in total. The normalized spacial score (nSPS) is 24.1. The number of hydroxylamine groups is 2. The molecule has 0 saturated carbocycles. The molecular weight excluding hydrogens is 260 g/mol. The first-order valence-corrected chi connectivity index (χ1v) is 8.17. The number of hydrogen-bond acceptors (Lipinski definition) is 3. The van der Waals surface area contributed by atoms with E-state index in [4.69, 9.17) is 4.84 Å². The van der Waals surface area contributed by atoms with Gasteiger partial charge in [-0.25, -0.2) is 0 Å². The molecule has 0 spiro atoms. The minimum absolute atomic E-state index is 0.509. The highest BCUT2D eigenvalue weighted by Crippen LogP contribution is 2.29. The van der Waals surface area contributed by atoms with Gasteiger partial charge < -0.3 is 10.2 Å². The third-order valence-corrected chi connectivity index (χ3v) is 4.70. The summed E-state index contributed by atoms with van der Waals surface area (Å²) in [4.78, 5) is 5.30. The topological polar surface area (TPSA) is 24.5 Å². The molecule has 0 aromatic heterocycles. The van der Waals surface area contributed by atoms with Crippen molar-refractivity contribution in [2.45, 2.75) is 44.1 Å². The molecule has 1 aromatic rings. The van der Waals surface area contributed by atoms with Crippen molar-refractivity contribution >= 4 is 5.69 Å². The van der Waals surface area contributed by atoms with Crippen LogP contribution in [0.5, 0.6) is 0 Å². The van der Waals surface area contributed by atoms with Crippen LogP contribution in [0.3, 0.4) is 0 Å². The average Bonchev–Trinajstić information content (AvgIpc) is 2.57. The summed E-state index contributed by atoms with van der Waals surface area (Å²) in [7, 11) is 1.76. The molecule has 3 rings (SSSR count). The second kappa shape index (κ2) is 7.10. The highest BCUT2D eigenvalue weighted by atomic mass is 16.7. The lowest BCUT2D eigenvalue weighted by molar-refractivity contribution is -0.143. The van der Waals surface area contributed by atoms with Crippen molar-refractivity contribution in [2.24, 2.45) is 0 Å². The number of allylic oxidation sites excluding steroid dienone is 1. The fraction of sp³-hybridized carbons (Fsp3) is 0.556. The second-order valence-electron chi connectivity index (χ2n) is 6.12. The highest BCUT2D eigenvalue weighted by Gasteiger charge is 2.20. The first-order chi connectivity index (χ1) is 10.3. The third kappa shape index (κ3) is 3.86. The zero-order chi connectivity index (χ0) is 14.5. The van der Waals surface area contributed by atoms with Crippen LogP contribution >= 0.6 is 0 Å². The minimum Gasteiger partial charge on any atom is -0.379 e. The van der Waals surface area contributed by atoms with Crippen LogP contribution in [0.1, 0.15) is 43.6 Å². The number of nitrogens with one attached hydrogen (secondary N) is 1. The summed E-state index contributed by atoms with van der Waals surface area (Å²) in [5.41, 5.74) is 2.71. The first-order valence-electron chi connectivity index (χ1n) is 8.17. The molecule has 1 aliphatic carbocycles. The molecule has 3 heteroatoms. The Kier molecular flexibility index (Phi) is 4.94. The predicted octanol–water partition coefficient (Wildman–Crippen LogP) is 3.95. The van der Waals surface area contributed by atoms with Gasteiger partial charge in [0, 0.05) is 24.8 Å². The molecule has 1 aliphatic heterocycles. The Morgan fingerprint density at radius 3 is 2.48 bits per heavy atom. The molecular formula is C18H26N2O. The van der Waals surface area contributed by atoms with Crippen molar-refractivity contribution in [1.82, 2.24) is 5.06 Å². The smallest absolute Gasteiger partial charge is 0.0575 e. The van der Waals surface area contributed by atoms with E-state index in [1.165, 1.54) is 43.4 Å². The summed E-state index contributed by atoms with van der Waals surface area (Å²) in [6.07, 6.45) is 10.7. The van der Waals surface area contributed by atoms with Gasteiger partial charge in [-0.3, -0.25) is 0 Å². The Labute approximate surface area is 127 Å². The zero-order valence-corrected chi connectivity index (χ0v) is 12.9. The maximum absolute atomic E-state index is 5.30. The van der Waals surface area contributed by atoms with Gasteiger partial charge in [-0.1, -0.05) is 24.3 Å². The molecule has 1 atom stereocenters. The van der Waals surface area contributed by atoms with Crippen molar-refractivity contribution < 1.29 is 4.84 Å². The summed E-state index contributed by atoms with van der Waals surface area (Å²) in [5.74, 6) is 0.681. The van der Waals surface area contributed by atoms with Crippen molar-refractivity contribution in [1.29, 1.82) is 0 Å². The summed E-state index contributed by atoms with van der Waals surface area (Å²) >= 11 is 0. The van der Waals surface area contributed by atoms with Crippen molar-refractivity contribution in [3.8, 4) is 0 Å². The van der Waals surface area contributed by atoms with Gasteiger partial charge in [-0.2, -0.15) is 5.06 Å². The number of anilines is 1. The van der Waals surface area contributed by atoms with E-state index in [1.54, 1.807) is 7.11 Å². The number of benzene rings is 1. The van der Waals surface area contributed by atoms with E-state index in [-0.39, 0.29) is 0 Å². The van der Waals surface area contributed by atoms with Crippen LogP contribution in [0, 0.1) is 0 Å². The standard InChI is InChI=1S/C18H26N2O/c1-21-20-13-11-16(12-14-20)15-7-9-18(10-8-15)19-17-5-3-2-4-6-17/h3,5,7-10,16-17,19H,2,4,6,11-14H2,1H3. The molecule has 0 amide bonds. The van der Waals surface area contributed by atoms with Gasteiger partial charge in [0.15, 0.2) is 0 Å². The largest absolute Gasteiger partial charge is 0.379 e. The van der Waals surface area contributed by atoms with Crippen LogP contribution in [0.15, 0.2) is 36.4 Å². The fourth-order valence-corrected chi connectivity index (χ4v) is 3.37. The Hall–Kier alpha value is -1.32. The molecule has 114 valence electrons. The SMILES string of the molecule is CON1CCC(c2ccc(NC3C=CCCC3)cc2)CC1. The Bertz CT molecular complexity index is 461. The lowest BCUT2D eigenvalue weighted by Crippen LogP contribution is -2.31. The minimum atomic E-state index is 0.509. The first kappa shape index (κ1) is 14.6. The predicted molar refractivity (Wildman–Crippen MR) is 87.4 cm³/mol. The Morgan fingerprint density at radius 2 is 1.86 bits per heavy atom. The van der Waals surface area contributed by atoms with Crippen LogP contribution in [0.25, 0.3) is 0 Å². The molecule has 0 radical (unpaired) electrons. The Morgan fingerprint density at radius 1 is 1.10 bits per heavy atom. The van der Waals surface area contributed by atoms with Crippen LogP contribution in [-0.2, 0) is 4.84 Å². The average molecular weight is 286 g/mol. The molecule has 0 bridgehead atoms. The molecule has 21 heavy (non-hydrogen) atoms. The molecule has 1 aromatic carbocycles. The molecule has 1 unspecified atom stereocenters. The van der Waals surface area contributed by atoms with E-state index in [2.05, 4.69) is 46.8 Å². The Balaban J connectivity index is 1.56. The van der Waals surface area contributed by atoms with Crippen molar-refractivity contribution in [3.05, 3.63) is 42.0 Å². The van der Waals surface area contributed by atoms with Crippen LogP contribution < -0.4 is 5.32 Å². The van der Waals surface area contributed by atoms with E-state index in [0.29, 0.717) is 12.0 Å². The number of hydrogen-bond donors (Lipinski definition) is 1. The third-order valence-electron chi connectivity index (χ3n) is 4.70. The summed E-state index contributed by atoms with van der Waals surface area (Å²) in [6.45, 7) is 2.07. The van der Waals surface area contributed by atoms with Crippen molar-refractivity contribution in [3.63, 3.8) is 0 Å². The van der Waals surface area contributed by atoms with Gasteiger partial charge in [0.1, 0.15) is 0 Å². The molecule has 1 saturated heterocycles. The van der Waals surface area contributed by atoms with E-state index < -0.39 is 0 Å². The highest BCUT2D eigenvalue weighted by molar-refractivity contribution is 5.47. The number of rotatable bonds is 4. The van der Waals surface area contributed by atoms with Gasteiger partial charge in [0.25, 0.3) is 0 Å². The molecule has 2 aliphatic rings. The maximum Gasteiger partial charge on any atom is 0.0575 e. The van der Waals surface area contributed by atoms with E-state index in [1.807, 2.05) is 0 Å². The molecule has 1 fully saturated rings. The zero-order valence-electron chi connectivity index (χ0n) is 12.9. The number of piperidine rings is 1. The van der Waals surface area contributed by atoms with Crippen LogP contribution in [0.4, 0.5) is 5.69 Å². The lowest BCUT2D eigenvalue weighted by Gasteiger charge is -2.30. The van der Waals surface area contributed by atoms with Gasteiger partial charge in [0.05, 0.1) is 7.11 Å². The summed E-state index contributed by atoms with van der Waals surface area (Å²) < 4.78 is 0. The van der Waals surface area contributed by atoms with E-state index in [9.17, 15) is 0 Å². The molecule has 1 N–H and O–H groups in total. The molecule has 1 heterocycles. The van der Waals surface area contributed by atoms with E-state index in [0.717, 1.165) is 13.1 Å².